The molecule has 3 atom stereocenters. The molecule has 1 rings (SSSR count). The molecule has 1 fully saturated rings. The first-order valence-corrected chi connectivity index (χ1v) is 4.79. The molecule has 13 heavy (non-hydrogen) atoms. The molecule has 3 unspecified atom stereocenters. The van der Waals surface area contributed by atoms with Gasteiger partial charge in [0.05, 0.1) is 6.04 Å². The molecule has 3 N–H and O–H groups in total. The third-order valence-electron chi connectivity index (χ3n) is 2.87. The van der Waals surface area contributed by atoms with Crippen LogP contribution in [0.3, 0.4) is 0 Å². The van der Waals surface area contributed by atoms with E-state index in [0.29, 0.717) is 17.8 Å². The second kappa shape index (κ2) is 3.96. The summed E-state index contributed by atoms with van der Waals surface area (Å²) < 4.78 is 0. The molecule has 0 bridgehead atoms. The van der Waals surface area contributed by atoms with E-state index >= 15 is 0 Å². The van der Waals surface area contributed by atoms with Crippen molar-refractivity contribution in [2.24, 2.45) is 16.8 Å². The number of hydrogen-bond donors (Lipinski definition) is 2. The molecule has 0 spiro atoms. The zero-order valence-corrected chi connectivity index (χ0v) is 8.57. The van der Waals surface area contributed by atoms with Crippen molar-refractivity contribution in [3.05, 3.63) is 0 Å². The number of amidine groups is 1. The number of nitrogens with zero attached hydrogens (tertiary/aromatic N) is 2. The van der Waals surface area contributed by atoms with Crippen LogP contribution in [0, 0.1) is 5.92 Å². The second-order valence-corrected chi connectivity index (χ2v) is 4.09. The van der Waals surface area contributed by atoms with Crippen molar-refractivity contribution >= 4 is 5.84 Å². The average Bonchev–Trinajstić information content (AvgIpc) is 2.42. The van der Waals surface area contributed by atoms with Crippen molar-refractivity contribution in [2.45, 2.75) is 39.3 Å². The monoisotopic (exact) mass is 185 g/mol. The highest BCUT2D eigenvalue weighted by Crippen LogP contribution is 2.24. The van der Waals surface area contributed by atoms with E-state index < -0.39 is 0 Å². The molecular weight excluding hydrogens is 166 g/mol. The summed E-state index contributed by atoms with van der Waals surface area (Å²) >= 11 is 0. The van der Waals surface area contributed by atoms with Gasteiger partial charge >= 0.3 is 0 Å². The SMILES string of the molecule is CC1CC(C)N(C(C)C(N)=NO)C1. The van der Waals surface area contributed by atoms with Crippen molar-refractivity contribution in [3.63, 3.8) is 0 Å². The minimum atomic E-state index is 0.0462. The highest BCUT2D eigenvalue weighted by molar-refractivity contribution is 5.84. The second-order valence-electron chi connectivity index (χ2n) is 4.09. The highest BCUT2D eigenvalue weighted by atomic mass is 16.4. The predicted octanol–water partition coefficient (Wildman–Crippen LogP) is 0.852. The Labute approximate surface area is 79.4 Å². The van der Waals surface area contributed by atoms with Crippen molar-refractivity contribution in [1.29, 1.82) is 0 Å². The van der Waals surface area contributed by atoms with Crippen LogP contribution in [0.15, 0.2) is 5.16 Å². The average molecular weight is 185 g/mol. The van der Waals surface area contributed by atoms with Crippen molar-refractivity contribution in [2.75, 3.05) is 6.54 Å². The molecule has 0 radical (unpaired) electrons. The first kappa shape index (κ1) is 10.3. The summed E-state index contributed by atoms with van der Waals surface area (Å²) in [5, 5.41) is 11.6. The molecule has 4 nitrogen and oxygen atoms in total. The van der Waals surface area contributed by atoms with Crippen LogP contribution < -0.4 is 5.73 Å². The molecule has 1 aliphatic rings. The molecule has 1 heterocycles. The Balaban J connectivity index is 2.62. The summed E-state index contributed by atoms with van der Waals surface area (Å²) in [5.74, 6) is 1.02. The molecule has 0 aliphatic carbocycles. The number of hydrogen-bond acceptors (Lipinski definition) is 3. The summed E-state index contributed by atoms with van der Waals surface area (Å²) in [5.41, 5.74) is 5.56. The van der Waals surface area contributed by atoms with Crippen molar-refractivity contribution in [1.82, 2.24) is 4.90 Å². The van der Waals surface area contributed by atoms with Crippen LogP contribution in [0.25, 0.3) is 0 Å². The molecule has 0 aromatic carbocycles. The fourth-order valence-electron chi connectivity index (χ4n) is 2.13. The molecule has 0 amide bonds. The van der Waals surface area contributed by atoms with Crippen LogP contribution in [0.1, 0.15) is 27.2 Å². The maximum atomic E-state index is 8.55. The lowest BCUT2D eigenvalue weighted by molar-refractivity contribution is 0.235. The van der Waals surface area contributed by atoms with Crippen LogP contribution in [0.4, 0.5) is 0 Å². The van der Waals surface area contributed by atoms with Crippen molar-refractivity contribution < 1.29 is 5.21 Å². The largest absolute Gasteiger partial charge is 0.409 e. The van der Waals surface area contributed by atoms with Gasteiger partial charge in [-0.25, -0.2) is 0 Å². The van der Waals surface area contributed by atoms with Crippen LogP contribution >= 0.6 is 0 Å². The predicted molar refractivity (Wildman–Crippen MR) is 52.8 cm³/mol. The Kier molecular flexibility index (Phi) is 3.14. The van der Waals surface area contributed by atoms with Crippen LogP contribution in [-0.4, -0.2) is 34.6 Å². The van der Waals surface area contributed by atoms with Crippen LogP contribution in [-0.2, 0) is 0 Å². The summed E-state index contributed by atoms with van der Waals surface area (Å²) in [7, 11) is 0. The summed E-state index contributed by atoms with van der Waals surface area (Å²) in [4.78, 5) is 2.28. The number of likely N-dealkylation sites (tertiary alicyclic amines) is 1. The van der Waals surface area contributed by atoms with E-state index in [1.54, 1.807) is 0 Å². The summed E-state index contributed by atoms with van der Waals surface area (Å²) in [6.07, 6.45) is 1.20. The van der Waals surface area contributed by atoms with Gasteiger partial charge in [-0.2, -0.15) is 0 Å². The third-order valence-corrected chi connectivity index (χ3v) is 2.87. The lowest BCUT2D eigenvalue weighted by atomic mass is 10.1. The summed E-state index contributed by atoms with van der Waals surface area (Å²) in [6, 6.07) is 0.579. The Morgan fingerprint density at radius 2 is 2.23 bits per heavy atom. The quantitative estimate of drug-likeness (QED) is 0.290. The standard InChI is InChI=1S/C9H19N3O/c1-6-4-7(2)12(5-6)8(3)9(10)11-13/h6-8,13H,4-5H2,1-3H3,(H2,10,11). The van der Waals surface area contributed by atoms with Gasteiger partial charge in [0.25, 0.3) is 0 Å². The Morgan fingerprint density at radius 3 is 2.62 bits per heavy atom. The maximum absolute atomic E-state index is 8.55. The third kappa shape index (κ3) is 2.12. The normalized spacial score (nSPS) is 33.6. The van der Waals surface area contributed by atoms with E-state index in [4.69, 9.17) is 10.9 Å². The van der Waals surface area contributed by atoms with E-state index in [-0.39, 0.29) is 6.04 Å². The molecule has 4 heteroatoms. The van der Waals surface area contributed by atoms with Gasteiger partial charge in [0, 0.05) is 12.6 Å². The van der Waals surface area contributed by atoms with E-state index in [0.717, 1.165) is 6.54 Å². The first-order chi connectivity index (χ1) is 6.06. The molecule has 1 aliphatic heterocycles. The van der Waals surface area contributed by atoms with Gasteiger partial charge in [-0.1, -0.05) is 12.1 Å². The zero-order chi connectivity index (χ0) is 10.0. The zero-order valence-electron chi connectivity index (χ0n) is 8.57. The van der Waals surface area contributed by atoms with E-state index in [1.807, 2.05) is 6.92 Å². The van der Waals surface area contributed by atoms with Crippen molar-refractivity contribution in [3.8, 4) is 0 Å². The van der Waals surface area contributed by atoms with Gasteiger partial charge < -0.3 is 10.9 Å². The van der Waals surface area contributed by atoms with Gasteiger partial charge in [0.1, 0.15) is 0 Å². The Hall–Kier alpha value is -0.770. The van der Waals surface area contributed by atoms with Gasteiger partial charge in [0.15, 0.2) is 5.84 Å². The number of nitrogens with two attached hydrogens (primary N) is 1. The first-order valence-electron chi connectivity index (χ1n) is 4.79. The smallest absolute Gasteiger partial charge is 0.156 e. The lowest BCUT2D eigenvalue weighted by Gasteiger charge is -2.27. The molecule has 1 saturated heterocycles. The molecule has 0 saturated carbocycles. The minimum Gasteiger partial charge on any atom is -0.409 e. The fourth-order valence-corrected chi connectivity index (χ4v) is 2.13. The highest BCUT2D eigenvalue weighted by Gasteiger charge is 2.31. The maximum Gasteiger partial charge on any atom is 0.156 e. The van der Waals surface area contributed by atoms with Gasteiger partial charge in [-0.05, 0) is 26.2 Å². The van der Waals surface area contributed by atoms with E-state index in [9.17, 15) is 0 Å². The molecular formula is C9H19N3O. The van der Waals surface area contributed by atoms with Crippen LogP contribution in [0.5, 0.6) is 0 Å². The fraction of sp³-hybridized carbons (Fsp3) is 0.889. The Bertz CT molecular complexity index is 205. The molecule has 0 aromatic rings. The van der Waals surface area contributed by atoms with Gasteiger partial charge in [-0.15, -0.1) is 0 Å². The number of rotatable bonds is 2. The summed E-state index contributed by atoms with van der Waals surface area (Å²) in [6.45, 7) is 7.43. The molecule has 76 valence electrons. The van der Waals surface area contributed by atoms with E-state index in [1.165, 1.54) is 6.42 Å². The number of oxime groups is 1. The topological polar surface area (TPSA) is 61.8 Å². The van der Waals surface area contributed by atoms with Gasteiger partial charge in [0.2, 0.25) is 0 Å². The van der Waals surface area contributed by atoms with Gasteiger partial charge in [-0.3, -0.25) is 4.90 Å². The van der Waals surface area contributed by atoms with Crippen LogP contribution in [0.2, 0.25) is 0 Å². The molecule has 0 aromatic heterocycles. The lowest BCUT2D eigenvalue weighted by Crippen LogP contribution is -2.44. The Morgan fingerprint density at radius 1 is 1.62 bits per heavy atom. The van der Waals surface area contributed by atoms with E-state index in [2.05, 4.69) is 23.9 Å². The minimum absolute atomic E-state index is 0.0462.